The fraction of sp³-hybridized carbons (Fsp3) is 0.250. The molecular formula is C20H19ClN2O2. The van der Waals surface area contributed by atoms with Crippen LogP contribution in [0.3, 0.4) is 0 Å². The van der Waals surface area contributed by atoms with E-state index in [1.807, 2.05) is 43.3 Å². The average Bonchev–Trinajstić information content (AvgIpc) is 2.62. The number of aromatic nitrogens is 1. The summed E-state index contributed by atoms with van der Waals surface area (Å²) in [6.45, 7) is 5.13. The third-order valence-corrected chi connectivity index (χ3v) is 5.01. The first-order valence-corrected chi connectivity index (χ1v) is 8.76. The second-order valence-corrected chi connectivity index (χ2v) is 6.72. The Bertz CT molecular complexity index is 970. The standard InChI is InChI=1S/C20H19ClN2O2/c1-13-3-2-4-17(21)19(13)18-11-14-5-6-15(12-16(14)20(24)22-18)23-7-9-25-10-8-23/h2-6,11-12H,7-10H2,1H3,(H,22,24). The van der Waals surface area contributed by atoms with Gasteiger partial charge in [-0.15, -0.1) is 0 Å². The summed E-state index contributed by atoms with van der Waals surface area (Å²) >= 11 is 6.35. The monoisotopic (exact) mass is 354 g/mol. The van der Waals surface area contributed by atoms with E-state index in [2.05, 4.69) is 16.0 Å². The van der Waals surface area contributed by atoms with E-state index in [1.165, 1.54) is 0 Å². The van der Waals surface area contributed by atoms with Gasteiger partial charge in [0.2, 0.25) is 0 Å². The molecule has 0 radical (unpaired) electrons. The molecule has 0 amide bonds. The third-order valence-electron chi connectivity index (χ3n) is 4.70. The summed E-state index contributed by atoms with van der Waals surface area (Å²) in [4.78, 5) is 17.9. The molecule has 1 aromatic heterocycles. The molecule has 1 aliphatic rings. The van der Waals surface area contributed by atoms with Gasteiger partial charge in [-0.3, -0.25) is 4.79 Å². The molecular weight excluding hydrogens is 336 g/mol. The van der Waals surface area contributed by atoms with Crippen LogP contribution in [0.2, 0.25) is 5.02 Å². The molecule has 1 saturated heterocycles. The van der Waals surface area contributed by atoms with Crippen LogP contribution in [0.5, 0.6) is 0 Å². The van der Waals surface area contributed by atoms with Crippen LogP contribution >= 0.6 is 11.6 Å². The van der Waals surface area contributed by atoms with Crippen LogP contribution in [0.25, 0.3) is 22.0 Å². The van der Waals surface area contributed by atoms with Crippen LogP contribution in [0.4, 0.5) is 5.69 Å². The summed E-state index contributed by atoms with van der Waals surface area (Å²) in [6.07, 6.45) is 0. The van der Waals surface area contributed by atoms with Crippen molar-refractivity contribution in [2.75, 3.05) is 31.2 Å². The van der Waals surface area contributed by atoms with Crippen LogP contribution in [0.15, 0.2) is 47.3 Å². The SMILES string of the molecule is Cc1cccc(Cl)c1-c1cc2ccc(N3CCOCC3)cc2c(=O)[nH]1. The molecule has 0 unspecified atom stereocenters. The van der Waals surface area contributed by atoms with Crippen LogP contribution in [-0.4, -0.2) is 31.3 Å². The van der Waals surface area contributed by atoms with Crippen molar-refractivity contribution in [1.29, 1.82) is 0 Å². The third kappa shape index (κ3) is 3.03. The highest BCUT2D eigenvalue weighted by atomic mass is 35.5. The van der Waals surface area contributed by atoms with Gasteiger partial charge in [0.1, 0.15) is 0 Å². The molecule has 128 valence electrons. The van der Waals surface area contributed by atoms with E-state index in [4.69, 9.17) is 16.3 Å². The Balaban J connectivity index is 1.82. The number of aryl methyl sites for hydroxylation is 1. The minimum atomic E-state index is -0.0954. The fourth-order valence-electron chi connectivity index (χ4n) is 3.37. The lowest BCUT2D eigenvalue weighted by atomic mass is 10.0. The highest BCUT2D eigenvalue weighted by Crippen LogP contribution is 2.31. The molecule has 0 bridgehead atoms. The van der Waals surface area contributed by atoms with E-state index in [-0.39, 0.29) is 5.56 Å². The Labute approximate surface area is 151 Å². The lowest BCUT2D eigenvalue weighted by Gasteiger charge is -2.29. The largest absolute Gasteiger partial charge is 0.378 e. The Morgan fingerprint density at radius 2 is 1.92 bits per heavy atom. The van der Waals surface area contributed by atoms with Gasteiger partial charge in [-0.25, -0.2) is 0 Å². The number of H-pyrrole nitrogens is 1. The zero-order chi connectivity index (χ0) is 17.4. The molecule has 3 aromatic rings. The molecule has 2 heterocycles. The number of nitrogens with zero attached hydrogens (tertiary/aromatic N) is 1. The van der Waals surface area contributed by atoms with Crippen molar-refractivity contribution in [3.8, 4) is 11.3 Å². The van der Waals surface area contributed by atoms with E-state index < -0.39 is 0 Å². The molecule has 1 N–H and O–H groups in total. The first-order chi connectivity index (χ1) is 12.1. The predicted octanol–water partition coefficient (Wildman–Crippen LogP) is 3.99. The highest BCUT2D eigenvalue weighted by molar-refractivity contribution is 6.33. The summed E-state index contributed by atoms with van der Waals surface area (Å²) < 4.78 is 5.40. The number of aromatic amines is 1. The number of hydrogen-bond donors (Lipinski definition) is 1. The first-order valence-electron chi connectivity index (χ1n) is 8.39. The minimum Gasteiger partial charge on any atom is -0.378 e. The molecule has 0 saturated carbocycles. The topological polar surface area (TPSA) is 45.3 Å². The van der Waals surface area contributed by atoms with Gasteiger partial charge >= 0.3 is 0 Å². The lowest BCUT2D eigenvalue weighted by molar-refractivity contribution is 0.122. The molecule has 4 rings (SSSR count). The van der Waals surface area contributed by atoms with E-state index >= 15 is 0 Å². The normalized spacial score (nSPS) is 14.9. The Morgan fingerprint density at radius 3 is 2.68 bits per heavy atom. The van der Waals surface area contributed by atoms with Crippen LogP contribution in [0, 0.1) is 6.92 Å². The smallest absolute Gasteiger partial charge is 0.256 e. The van der Waals surface area contributed by atoms with Crippen LogP contribution < -0.4 is 10.5 Å². The van der Waals surface area contributed by atoms with Crippen molar-refractivity contribution in [1.82, 2.24) is 4.98 Å². The first kappa shape index (κ1) is 16.2. The van der Waals surface area contributed by atoms with Gasteiger partial charge < -0.3 is 14.6 Å². The van der Waals surface area contributed by atoms with E-state index in [9.17, 15) is 4.79 Å². The maximum absolute atomic E-state index is 12.7. The summed E-state index contributed by atoms with van der Waals surface area (Å²) in [7, 11) is 0. The minimum absolute atomic E-state index is 0.0954. The molecule has 1 fully saturated rings. The number of nitrogens with one attached hydrogen (secondary N) is 1. The van der Waals surface area contributed by atoms with Gasteiger partial charge in [0.25, 0.3) is 5.56 Å². The number of pyridine rings is 1. The van der Waals surface area contributed by atoms with Crippen molar-refractivity contribution in [2.45, 2.75) is 6.92 Å². The Kier molecular flexibility index (Phi) is 4.24. The van der Waals surface area contributed by atoms with Crippen molar-refractivity contribution >= 4 is 28.1 Å². The molecule has 0 atom stereocenters. The average molecular weight is 355 g/mol. The van der Waals surface area contributed by atoms with Gasteiger partial charge in [0.15, 0.2) is 0 Å². The van der Waals surface area contributed by atoms with Crippen molar-refractivity contribution < 1.29 is 4.74 Å². The highest BCUT2D eigenvalue weighted by Gasteiger charge is 2.14. The van der Waals surface area contributed by atoms with Crippen molar-refractivity contribution in [3.63, 3.8) is 0 Å². The summed E-state index contributed by atoms with van der Waals surface area (Å²) in [5, 5.41) is 2.24. The number of morpholine rings is 1. The van der Waals surface area contributed by atoms with Gasteiger partial charge in [-0.1, -0.05) is 29.8 Å². The maximum atomic E-state index is 12.7. The van der Waals surface area contributed by atoms with Gasteiger partial charge in [-0.05, 0) is 42.1 Å². The summed E-state index contributed by atoms with van der Waals surface area (Å²) in [5.41, 5.74) is 3.62. The van der Waals surface area contributed by atoms with E-state index in [1.54, 1.807) is 0 Å². The zero-order valence-electron chi connectivity index (χ0n) is 14.0. The second-order valence-electron chi connectivity index (χ2n) is 6.31. The molecule has 4 nitrogen and oxygen atoms in total. The van der Waals surface area contributed by atoms with Crippen LogP contribution in [-0.2, 0) is 4.74 Å². The fourth-order valence-corrected chi connectivity index (χ4v) is 3.70. The maximum Gasteiger partial charge on any atom is 0.256 e. The van der Waals surface area contributed by atoms with Crippen molar-refractivity contribution in [3.05, 3.63) is 63.4 Å². The second kappa shape index (κ2) is 6.54. The molecule has 25 heavy (non-hydrogen) atoms. The number of halogens is 1. The quantitative estimate of drug-likeness (QED) is 0.756. The molecule has 1 aliphatic heterocycles. The van der Waals surface area contributed by atoms with Crippen LogP contribution in [0.1, 0.15) is 5.56 Å². The number of anilines is 1. The lowest BCUT2D eigenvalue weighted by Crippen LogP contribution is -2.36. The Morgan fingerprint density at radius 1 is 1.12 bits per heavy atom. The van der Waals surface area contributed by atoms with Crippen molar-refractivity contribution in [2.24, 2.45) is 0 Å². The number of fused-ring (bicyclic) bond motifs is 1. The predicted molar refractivity (Wildman–Crippen MR) is 103 cm³/mol. The van der Waals surface area contributed by atoms with Gasteiger partial charge in [0.05, 0.1) is 23.9 Å². The number of rotatable bonds is 2. The van der Waals surface area contributed by atoms with Gasteiger partial charge in [-0.2, -0.15) is 0 Å². The number of ether oxygens (including phenoxy) is 1. The van der Waals surface area contributed by atoms with E-state index in [0.29, 0.717) is 10.4 Å². The zero-order valence-corrected chi connectivity index (χ0v) is 14.8. The number of hydrogen-bond acceptors (Lipinski definition) is 3. The van der Waals surface area contributed by atoms with Gasteiger partial charge in [0, 0.05) is 29.7 Å². The molecule has 0 aliphatic carbocycles. The Hall–Kier alpha value is -2.30. The molecule has 0 spiro atoms. The number of benzene rings is 2. The summed E-state index contributed by atoms with van der Waals surface area (Å²) in [6, 6.07) is 13.8. The molecule has 5 heteroatoms. The van der Waals surface area contributed by atoms with E-state index in [0.717, 1.165) is 54.2 Å². The summed E-state index contributed by atoms with van der Waals surface area (Å²) in [5.74, 6) is 0. The molecule has 2 aromatic carbocycles.